The average molecular weight is 342 g/mol. The highest BCUT2D eigenvalue weighted by atomic mass is 19.1. The lowest BCUT2D eigenvalue weighted by molar-refractivity contribution is -0.117. The van der Waals surface area contributed by atoms with E-state index in [4.69, 9.17) is 4.74 Å². The van der Waals surface area contributed by atoms with Gasteiger partial charge in [0, 0.05) is 36.7 Å². The van der Waals surface area contributed by atoms with Crippen LogP contribution in [0.3, 0.4) is 0 Å². The number of ether oxygens (including phenoxy) is 1. The molecule has 1 aliphatic heterocycles. The van der Waals surface area contributed by atoms with E-state index in [1.54, 1.807) is 48.4 Å². The highest BCUT2D eigenvalue weighted by Gasteiger charge is 2.30. The first-order valence-corrected chi connectivity index (χ1v) is 8.05. The van der Waals surface area contributed by atoms with Crippen molar-refractivity contribution in [2.24, 2.45) is 5.92 Å². The Morgan fingerprint density at radius 3 is 2.76 bits per heavy atom. The molecule has 2 aromatic rings. The first kappa shape index (κ1) is 17.0. The van der Waals surface area contributed by atoms with Crippen molar-refractivity contribution in [1.29, 1.82) is 0 Å². The van der Waals surface area contributed by atoms with Crippen LogP contribution >= 0.6 is 0 Å². The van der Waals surface area contributed by atoms with E-state index in [9.17, 15) is 14.0 Å². The number of hydrogen-bond acceptors (Lipinski definition) is 3. The number of hydrogen-bond donors (Lipinski definition) is 1. The van der Waals surface area contributed by atoms with Crippen molar-refractivity contribution in [3.8, 4) is 5.75 Å². The number of methoxy groups -OCH3 is 1. The summed E-state index contributed by atoms with van der Waals surface area (Å²) in [7, 11) is 1.55. The van der Waals surface area contributed by atoms with Gasteiger partial charge in [0.25, 0.3) is 5.91 Å². The number of halogens is 1. The normalized spacial score (nSPS) is 16.8. The van der Waals surface area contributed by atoms with Gasteiger partial charge in [0.15, 0.2) is 0 Å². The second-order valence-electron chi connectivity index (χ2n) is 5.99. The molecule has 2 amide bonds. The standard InChI is InChI=1S/C19H19FN2O3/c1-25-17-4-2-3-14(10-17)19(24)21-11-13-9-18(23)22(12-13)16-7-5-15(20)6-8-16/h2-8,10,13H,9,11-12H2,1H3,(H,21,24)/t13-/m0/s1. The molecule has 0 bridgehead atoms. The maximum atomic E-state index is 13.0. The predicted molar refractivity (Wildman–Crippen MR) is 92.2 cm³/mol. The summed E-state index contributed by atoms with van der Waals surface area (Å²) >= 11 is 0. The van der Waals surface area contributed by atoms with Crippen LogP contribution in [0.25, 0.3) is 0 Å². The first-order chi connectivity index (χ1) is 12.1. The number of benzene rings is 2. The Kier molecular flexibility index (Phi) is 4.97. The van der Waals surface area contributed by atoms with E-state index in [0.717, 1.165) is 0 Å². The molecule has 0 aromatic heterocycles. The lowest BCUT2D eigenvalue weighted by atomic mass is 10.1. The van der Waals surface area contributed by atoms with Crippen LogP contribution < -0.4 is 15.0 Å². The monoisotopic (exact) mass is 342 g/mol. The van der Waals surface area contributed by atoms with Crippen molar-refractivity contribution in [2.45, 2.75) is 6.42 Å². The molecule has 1 saturated heterocycles. The van der Waals surface area contributed by atoms with Gasteiger partial charge >= 0.3 is 0 Å². The summed E-state index contributed by atoms with van der Waals surface area (Å²) in [6.45, 7) is 0.905. The van der Waals surface area contributed by atoms with Crippen molar-refractivity contribution in [3.05, 3.63) is 59.9 Å². The fourth-order valence-corrected chi connectivity index (χ4v) is 2.89. The minimum Gasteiger partial charge on any atom is -0.497 e. The zero-order valence-corrected chi connectivity index (χ0v) is 13.9. The third kappa shape index (κ3) is 3.96. The maximum Gasteiger partial charge on any atom is 0.251 e. The minimum atomic E-state index is -0.336. The predicted octanol–water partition coefficient (Wildman–Crippen LogP) is 2.62. The number of carbonyl (C=O) groups excluding carboxylic acids is 2. The van der Waals surface area contributed by atoms with Crippen LogP contribution in [0.4, 0.5) is 10.1 Å². The van der Waals surface area contributed by atoms with E-state index in [2.05, 4.69) is 5.32 Å². The van der Waals surface area contributed by atoms with E-state index in [1.807, 2.05) is 0 Å². The zero-order chi connectivity index (χ0) is 17.8. The third-order valence-electron chi connectivity index (χ3n) is 4.23. The fraction of sp³-hybridized carbons (Fsp3) is 0.263. The third-order valence-corrected chi connectivity index (χ3v) is 4.23. The molecule has 1 N–H and O–H groups in total. The van der Waals surface area contributed by atoms with E-state index >= 15 is 0 Å². The second kappa shape index (κ2) is 7.34. The molecule has 1 atom stereocenters. The Labute approximate surface area is 145 Å². The Bertz CT molecular complexity index is 776. The van der Waals surface area contributed by atoms with Crippen molar-refractivity contribution < 1.29 is 18.7 Å². The summed E-state index contributed by atoms with van der Waals surface area (Å²) in [6, 6.07) is 12.7. The molecule has 130 valence electrons. The quantitative estimate of drug-likeness (QED) is 0.909. The van der Waals surface area contributed by atoms with Gasteiger partial charge in [0.05, 0.1) is 7.11 Å². The van der Waals surface area contributed by atoms with Gasteiger partial charge in [0.1, 0.15) is 11.6 Å². The van der Waals surface area contributed by atoms with Crippen LogP contribution in [0.2, 0.25) is 0 Å². The van der Waals surface area contributed by atoms with Crippen LogP contribution in [0.15, 0.2) is 48.5 Å². The Morgan fingerprint density at radius 1 is 1.28 bits per heavy atom. The molecule has 0 aliphatic carbocycles. The second-order valence-corrected chi connectivity index (χ2v) is 5.99. The van der Waals surface area contributed by atoms with Crippen LogP contribution in [0.5, 0.6) is 5.75 Å². The molecule has 0 saturated carbocycles. The molecule has 0 radical (unpaired) electrons. The summed E-state index contributed by atoms with van der Waals surface area (Å²) in [5.74, 6) is 0.0783. The number of rotatable bonds is 5. The van der Waals surface area contributed by atoms with Crippen LogP contribution in [-0.4, -0.2) is 32.0 Å². The van der Waals surface area contributed by atoms with Gasteiger partial charge in [-0.25, -0.2) is 4.39 Å². The lowest BCUT2D eigenvalue weighted by Gasteiger charge is -2.17. The van der Waals surface area contributed by atoms with E-state index in [-0.39, 0.29) is 23.5 Å². The van der Waals surface area contributed by atoms with Crippen LogP contribution in [-0.2, 0) is 4.79 Å². The average Bonchev–Trinajstić information content (AvgIpc) is 3.01. The van der Waals surface area contributed by atoms with Crippen LogP contribution in [0, 0.1) is 11.7 Å². The first-order valence-electron chi connectivity index (χ1n) is 8.05. The van der Waals surface area contributed by atoms with Crippen LogP contribution in [0.1, 0.15) is 16.8 Å². The molecule has 25 heavy (non-hydrogen) atoms. The van der Waals surface area contributed by atoms with Gasteiger partial charge in [-0.3, -0.25) is 9.59 Å². The minimum absolute atomic E-state index is 0.0205. The maximum absolute atomic E-state index is 13.0. The zero-order valence-electron chi connectivity index (χ0n) is 13.9. The molecule has 0 unspecified atom stereocenters. The number of nitrogens with zero attached hydrogens (tertiary/aromatic N) is 1. The van der Waals surface area contributed by atoms with E-state index in [0.29, 0.717) is 36.5 Å². The van der Waals surface area contributed by atoms with Crippen molar-refractivity contribution in [1.82, 2.24) is 5.32 Å². The highest BCUT2D eigenvalue weighted by molar-refractivity contribution is 5.96. The Morgan fingerprint density at radius 2 is 2.04 bits per heavy atom. The number of nitrogens with one attached hydrogen (secondary N) is 1. The molecule has 6 heteroatoms. The Hall–Kier alpha value is -2.89. The summed E-state index contributed by atoms with van der Waals surface area (Å²) < 4.78 is 18.1. The number of anilines is 1. The smallest absolute Gasteiger partial charge is 0.251 e. The molecule has 1 heterocycles. The molecule has 5 nitrogen and oxygen atoms in total. The molecule has 1 aliphatic rings. The van der Waals surface area contributed by atoms with Gasteiger partial charge in [-0.2, -0.15) is 0 Å². The summed E-state index contributed by atoms with van der Waals surface area (Å²) in [5, 5.41) is 2.86. The van der Waals surface area contributed by atoms with Gasteiger partial charge in [-0.15, -0.1) is 0 Å². The molecular formula is C19H19FN2O3. The lowest BCUT2D eigenvalue weighted by Crippen LogP contribution is -2.31. The Balaban J connectivity index is 1.58. The highest BCUT2D eigenvalue weighted by Crippen LogP contribution is 2.25. The van der Waals surface area contributed by atoms with Gasteiger partial charge in [0.2, 0.25) is 5.91 Å². The summed E-state index contributed by atoms with van der Waals surface area (Å²) in [5.41, 5.74) is 1.19. The molecule has 3 rings (SSSR count). The van der Waals surface area contributed by atoms with Gasteiger partial charge in [-0.1, -0.05) is 6.07 Å². The summed E-state index contributed by atoms with van der Waals surface area (Å²) in [6.07, 6.45) is 0.357. The van der Waals surface area contributed by atoms with Gasteiger partial charge in [-0.05, 0) is 42.5 Å². The van der Waals surface area contributed by atoms with Crippen molar-refractivity contribution in [3.63, 3.8) is 0 Å². The molecule has 2 aromatic carbocycles. The topological polar surface area (TPSA) is 58.6 Å². The molecule has 0 spiro atoms. The molecule has 1 fully saturated rings. The SMILES string of the molecule is COc1cccc(C(=O)NC[C@@H]2CC(=O)N(c3ccc(F)cc3)C2)c1. The van der Waals surface area contributed by atoms with E-state index < -0.39 is 0 Å². The number of amides is 2. The van der Waals surface area contributed by atoms with Crippen molar-refractivity contribution >= 4 is 17.5 Å². The fourth-order valence-electron chi connectivity index (χ4n) is 2.89. The van der Waals surface area contributed by atoms with Crippen molar-refractivity contribution in [2.75, 3.05) is 25.1 Å². The van der Waals surface area contributed by atoms with Gasteiger partial charge < -0.3 is 15.0 Å². The summed E-state index contributed by atoms with van der Waals surface area (Å²) in [4.78, 5) is 26.0. The number of carbonyl (C=O) groups is 2. The largest absolute Gasteiger partial charge is 0.497 e. The molecular weight excluding hydrogens is 323 g/mol. The van der Waals surface area contributed by atoms with E-state index in [1.165, 1.54) is 12.1 Å².